The summed E-state index contributed by atoms with van der Waals surface area (Å²) < 4.78 is 0. The maximum atomic E-state index is 9.21. The van der Waals surface area contributed by atoms with Gasteiger partial charge in [-0.15, -0.1) is 0 Å². The second kappa shape index (κ2) is 5.94. The highest BCUT2D eigenvalue weighted by Gasteiger charge is 2.24. The van der Waals surface area contributed by atoms with Crippen molar-refractivity contribution in [2.45, 2.75) is 25.8 Å². The lowest BCUT2D eigenvalue weighted by Gasteiger charge is -2.29. The van der Waals surface area contributed by atoms with E-state index >= 15 is 0 Å². The van der Waals surface area contributed by atoms with Crippen molar-refractivity contribution in [1.82, 2.24) is 4.90 Å². The number of anilines is 2. The summed E-state index contributed by atoms with van der Waals surface area (Å²) in [4.78, 5) is 4.69. The second-order valence-corrected chi connectivity index (χ2v) is 5.19. The smallest absolute Gasteiger partial charge is 0.101 e. The maximum Gasteiger partial charge on any atom is 0.101 e. The number of nitriles is 1. The van der Waals surface area contributed by atoms with Crippen molar-refractivity contribution in [3.05, 3.63) is 23.8 Å². The predicted molar refractivity (Wildman–Crippen MR) is 79.1 cm³/mol. The van der Waals surface area contributed by atoms with E-state index in [1.165, 1.54) is 19.4 Å². The van der Waals surface area contributed by atoms with Crippen molar-refractivity contribution in [3.8, 4) is 6.07 Å². The van der Waals surface area contributed by atoms with Crippen molar-refractivity contribution in [2.24, 2.45) is 0 Å². The lowest BCUT2D eigenvalue weighted by atomic mass is 10.1. The van der Waals surface area contributed by atoms with Gasteiger partial charge in [-0.1, -0.05) is 6.92 Å². The fourth-order valence-electron chi connectivity index (χ4n) is 2.91. The van der Waals surface area contributed by atoms with E-state index in [4.69, 9.17) is 5.73 Å². The van der Waals surface area contributed by atoms with Crippen molar-refractivity contribution >= 4 is 11.4 Å². The highest BCUT2D eigenvalue weighted by atomic mass is 15.2. The van der Waals surface area contributed by atoms with Gasteiger partial charge >= 0.3 is 0 Å². The molecule has 1 aromatic carbocycles. The van der Waals surface area contributed by atoms with Gasteiger partial charge < -0.3 is 10.6 Å². The molecular weight excluding hydrogens is 236 g/mol. The molecular formula is C15H22N4. The van der Waals surface area contributed by atoms with E-state index < -0.39 is 0 Å². The van der Waals surface area contributed by atoms with Gasteiger partial charge in [-0.25, -0.2) is 0 Å². The Morgan fingerprint density at radius 1 is 1.53 bits per heavy atom. The minimum atomic E-state index is 0.596. The molecule has 1 saturated heterocycles. The Morgan fingerprint density at radius 2 is 2.32 bits per heavy atom. The summed E-state index contributed by atoms with van der Waals surface area (Å²) in [7, 11) is 2.05. The van der Waals surface area contributed by atoms with Crippen molar-refractivity contribution < 1.29 is 0 Å². The zero-order valence-corrected chi connectivity index (χ0v) is 11.8. The molecule has 1 aromatic rings. The molecule has 19 heavy (non-hydrogen) atoms. The first-order valence-corrected chi connectivity index (χ1v) is 6.90. The summed E-state index contributed by atoms with van der Waals surface area (Å²) in [5.41, 5.74) is 8.00. The van der Waals surface area contributed by atoms with Crippen molar-refractivity contribution in [3.63, 3.8) is 0 Å². The molecule has 0 aromatic heterocycles. The fraction of sp³-hybridized carbons (Fsp3) is 0.533. The number of nitrogens with two attached hydrogens (primary N) is 1. The third kappa shape index (κ3) is 2.99. The van der Waals surface area contributed by atoms with E-state index in [0.29, 0.717) is 17.3 Å². The second-order valence-electron chi connectivity index (χ2n) is 5.19. The molecule has 0 amide bonds. The average molecular weight is 258 g/mol. The normalized spacial score (nSPS) is 19.3. The fourth-order valence-corrected chi connectivity index (χ4v) is 2.91. The Hall–Kier alpha value is -1.73. The molecule has 1 aliphatic rings. The van der Waals surface area contributed by atoms with Gasteiger partial charge in [0.25, 0.3) is 0 Å². The lowest BCUT2D eigenvalue weighted by Crippen LogP contribution is -2.39. The number of likely N-dealkylation sites (tertiary alicyclic amines) is 1. The van der Waals surface area contributed by atoms with E-state index in [1.807, 2.05) is 12.1 Å². The summed E-state index contributed by atoms with van der Waals surface area (Å²) in [6, 6.07) is 8.38. The number of likely N-dealkylation sites (N-methyl/N-ethyl adjacent to an activating group) is 2. The van der Waals surface area contributed by atoms with Gasteiger partial charge in [0.2, 0.25) is 0 Å². The summed E-state index contributed by atoms with van der Waals surface area (Å²) in [6.07, 6.45) is 2.52. The van der Waals surface area contributed by atoms with E-state index in [2.05, 4.69) is 29.8 Å². The Balaban J connectivity index is 2.12. The van der Waals surface area contributed by atoms with Crippen LogP contribution in [0.1, 0.15) is 25.3 Å². The third-order valence-electron chi connectivity index (χ3n) is 3.94. The molecule has 0 saturated carbocycles. The highest BCUT2D eigenvalue weighted by Crippen LogP contribution is 2.24. The van der Waals surface area contributed by atoms with Gasteiger partial charge in [0.1, 0.15) is 6.07 Å². The summed E-state index contributed by atoms with van der Waals surface area (Å²) in [5, 5.41) is 9.21. The van der Waals surface area contributed by atoms with Gasteiger partial charge in [0.15, 0.2) is 0 Å². The molecule has 1 fully saturated rings. The molecule has 2 rings (SSSR count). The molecule has 0 radical (unpaired) electrons. The Kier molecular flexibility index (Phi) is 4.28. The summed E-state index contributed by atoms with van der Waals surface area (Å²) in [6.45, 7) is 5.47. The number of rotatable bonds is 4. The standard InChI is InChI=1S/C15H22N4/c1-3-19-8-4-5-14(19)11-18(2)15-7-6-13(17)9-12(15)10-16/h6-7,9,14H,3-5,8,11,17H2,1-2H3. The van der Waals surface area contributed by atoms with Gasteiger partial charge in [-0.05, 0) is 44.1 Å². The third-order valence-corrected chi connectivity index (χ3v) is 3.94. The highest BCUT2D eigenvalue weighted by molar-refractivity contribution is 5.64. The zero-order valence-electron chi connectivity index (χ0n) is 11.8. The van der Waals surface area contributed by atoms with Crippen LogP contribution in [0.4, 0.5) is 11.4 Å². The maximum absolute atomic E-state index is 9.21. The number of hydrogen-bond acceptors (Lipinski definition) is 4. The number of benzene rings is 1. The van der Waals surface area contributed by atoms with Crippen molar-refractivity contribution in [2.75, 3.05) is 37.3 Å². The quantitative estimate of drug-likeness (QED) is 0.840. The summed E-state index contributed by atoms with van der Waals surface area (Å²) >= 11 is 0. The molecule has 4 heteroatoms. The minimum absolute atomic E-state index is 0.596. The molecule has 4 nitrogen and oxygen atoms in total. The average Bonchev–Trinajstić information content (AvgIpc) is 2.85. The molecule has 0 bridgehead atoms. The van der Waals surface area contributed by atoms with Gasteiger partial charge in [-0.3, -0.25) is 4.90 Å². The van der Waals surface area contributed by atoms with Crippen LogP contribution in [0.2, 0.25) is 0 Å². The first kappa shape index (κ1) is 13.7. The van der Waals surface area contributed by atoms with Crippen LogP contribution in [-0.4, -0.2) is 37.6 Å². The molecule has 2 N–H and O–H groups in total. The van der Waals surface area contributed by atoms with Crippen LogP contribution < -0.4 is 10.6 Å². The van der Waals surface area contributed by atoms with Crippen LogP contribution in [0.25, 0.3) is 0 Å². The predicted octanol–water partition coefficient (Wildman–Crippen LogP) is 2.06. The Bertz CT molecular complexity index is 478. The van der Waals surface area contributed by atoms with E-state index in [-0.39, 0.29) is 0 Å². The van der Waals surface area contributed by atoms with Crippen molar-refractivity contribution in [1.29, 1.82) is 5.26 Å². The van der Waals surface area contributed by atoms with Crippen LogP contribution in [-0.2, 0) is 0 Å². The number of hydrogen-bond donors (Lipinski definition) is 1. The van der Waals surface area contributed by atoms with E-state index in [9.17, 15) is 5.26 Å². The van der Waals surface area contributed by atoms with Crippen LogP contribution in [0.15, 0.2) is 18.2 Å². The molecule has 1 heterocycles. The minimum Gasteiger partial charge on any atom is -0.399 e. The monoisotopic (exact) mass is 258 g/mol. The van der Waals surface area contributed by atoms with Crippen LogP contribution in [0, 0.1) is 11.3 Å². The first-order chi connectivity index (χ1) is 9.15. The van der Waals surface area contributed by atoms with Crippen LogP contribution >= 0.6 is 0 Å². The largest absolute Gasteiger partial charge is 0.399 e. The van der Waals surface area contributed by atoms with Crippen LogP contribution in [0.5, 0.6) is 0 Å². The Morgan fingerprint density at radius 3 is 3.00 bits per heavy atom. The molecule has 1 unspecified atom stereocenters. The van der Waals surface area contributed by atoms with Gasteiger partial charge in [0, 0.05) is 25.3 Å². The lowest BCUT2D eigenvalue weighted by molar-refractivity contribution is 0.270. The zero-order chi connectivity index (χ0) is 13.8. The Labute approximate surface area is 115 Å². The number of nitrogen functional groups attached to an aromatic ring is 1. The number of nitrogens with zero attached hydrogens (tertiary/aromatic N) is 3. The van der Waals surface area contributed by atoms with E-state index in [0.717, 1.165) is 18.8 Å². The molecule has 0 aliphatic carbocycles. The van der Waals surface area contributed by atoms with E-state index in [1.54, 1.807) is 6.07 Å². The van der Waals surface area contributed by atoms with Crippen LogP contribution in [0.3, 0.4) is 0 Å². The first-order valence-electron chi connectivity index (χ1n) is 6.90. The SMILES string of the molecule is CCN1CCCC1CN(C)c1ccc(N)cc1C#N. The topological polar surface area (TPSA) is 56.3 Å². The summed E-state index contributed by atoms with van der Waals surface area (Å²) in [5.74, 6) is 0. The molecule has 102 valence electrons. The van der Waals surface area contributed by atoms with Gasteiger partial charge in [0.05, 0.1) is 11.3 Å². The molecule has 1 aliphatic heterocycles. The molecule has 1 atom stereocenters. The molecule has 0 spiro atoms. The van der Waals surface area contributed by atoms with Gasteiger partial charge in [-0.2, -0.15) is 5.26 Å².